The summed E-state index contributed by atoms with van der Waals surface area (Å²) in [7, 11) is -3.14. The smallest absolute Gasteiger partial charge is 0.250 e. The molecule has 1 aliphatic rings. The molecule has 1 saturated heterocycles. The number of nitrogens with zero attached hydrogens (tertiary/aromatic N) is 1. The Morgan fingerprint density at radius 3 is 2.37 bits per heavy atom. The van der Waals surface area contributed by atoms with Gasteiger partial charge in [-0.05, 0) is 30.7 Å². The molecule has 27 heavy (non-hydrogen) atoms. The minimum absolute atomic E-state index is 0.0501. The Morgan fingerprint density at radius 1 is 1.07 bits per heavy atom. The number of nitrogens with one attached hydrogen (secondary N) is 1. The van der Waals surface area contributed by atoms with Gasteiger partial charge in [-0.25, -0.2) is 8.42 Å². The minimum atomic E-state index is -3.14. The standard InChI is InChI=1S/C19H21N3O4S/c20-19(24)16-8-4-5-9-17(16)21-12-18(23)22(14-6-2-1-3-7-14)15-10-11-27(25,26)13-15/h1-9,15,21H,10-13H2,(H2,20,24)/t15-/m0/s1. The van der Waals surface area contributed by atoms with E-state index < -0.39 is 21.8 Å². The number of carbonyl (C=O) groups is 2. The van der Waals surface area contributed by atoms with E-state index in [4.69, 9.17) is 5.73 Å². The molecule has 142 valence electrons. The van der Waals surface area contributed by atoms with Crippen LogP contribution in [0.3, 0.4) is 0 Å². The largest absolute Gasteiger partial charge is 0.375 e. The van der Waals surface area contributed by atoms with Crippen LogP contribution in [0.15, 0.2) is 54.6 Å². The van der Waals surface area contributed by atoms with Crippen LogP contribution in [0.5, 0.6) is 0 Å². The second-order valence-corrected chi connectivity index (χ2v) is 8.65. The van der Waals surface area contributed by atoms with E-state index in [9.17, 15) is 18.0 Å². The van der Waals surface area contributed by atoms with Crippen molar-refractivity contribution in [3.63, 3.8) is 0 Å². The normalized spacial score (nSPS) is 18.0. The van der Waals surface area contributed by atoms with E-state index in [2.05, 4.69) is 5.32 Å². The Bertz CT molecular complexity index is 944. The van der Waals surface area contributed by atoms with E-state index in [-0.39, 0.29) is 24.0 Å². The van der Waals surface area contributed by atoms with Gasteiger partial charge in [-0.1, -0.05) is 30.3 Å². The number of hydrogen-bond donors (Lipinski definition) is 2. The van der Waals surface area contributed by atoms with Crippen LogP contribution in [0.2, 0.25) is 0 Å². The van der Waals surface area contributed by atoms with Gasteiger partial charge < -0.3 is 16.0 Å². The van der Waals surface area contributed by atoms with Crippen LogP contribution in [-0.4, -0.2) is 44.3 Å². The van der Waals surface area contributed by atoms with Gasteiger partial charge in [0.15, 0.2) is 9.84 Å². The van der Waals surface area contributed by atoms with Gasteiger partial charge >= 0.3 is 0 Å². The van der Waals surface area contributed by atoms with E-state index >= 15 is 0 Å². The third-order valence-electron chi connectivity index (χ3n) is 4.50. The molecule has 2 amide bonds. The molecular weight excluding hydrogens is 366 g/mol. The van der Waals surface area contributed by atoms with Crippen molar-refractivity contribution in [1.29, 1.82) is 0 Å². The highest BCUT2D eigenvalue weighted by atomic mass is 32.2. The summed E-state index contributed by atoms with van der Waals surface area (Å²) in [6, 6.07) is 15.2. The van der Waals surface area contributed by atoms with Crippen LogP contribution < -0.4 is 16.0 Å². The zero-order valence-corrected chi connectivity index (χ0v) is 15.5. The first kappa shape index (κ1) is 18.9. The second kappa shape index (κ2) is 7.79. The zero-order chi connectivity index (χ0) is 19.4. The molecule has 1 aliphatic heterocycles. The molecule has 0 spiro atoms. The number of carbonyl (C=O) groups excluding carboxylic acids is 2. The fourth-order valence-corrected chi connectivity index (χ4v) is 4.93. The van der Waals surface area contributed by atoms with Crippen molar-refractivity contribution in [2.75, 3.05) is 28.3 Å². The van der Waals surface area contributed by atoms with E-state index in [1.165, 1.54) is 4.90 Å². The van der Waals surface area contributed by atoms with Gasteiger partial charge in [-0.3, -0.25) is 9.59 Å². The van der Waals surface area contributed by atoms with Gasteiger partial charge in [0, 0.05) is 11.4 Å². The van der Waals surface area contributed by atoms with Gasteiger partial charge in [0.05, 0.1) is 29.7 Å². The van der Waals surface area contributed by atoms with Crippen molar-refractivity contribution in [3.8, 4) is 0 Å². The van der Waals surface area contributed by atoms with E-state index in [0.717, 1.165) is 0 Å². The van der Waals surface area contributed by atoms with Gasteiger partial charge in [0.25, 0.3) is 5.91 Å². The fourth-order valence-electron chi connectivity index (χ4n) is 3.23. The molecule has 1 fully saturated rings. The Morgan fingerprint density at radius 2 is 1.74 bits per heavy atom. The van der Waals surface area contributed by atoms with Gasteiger partial charge in [-0.2, -0.15) is 0 Å². The summed E-state index contributed by atoms with van der Waals surface area (Å²) in [6.07, 6.45) is 0.404. The minimum Gasteiger partial charge on any atom is -0.375 e. The summed E-state index contributed by atoms with van der Waals surface area (Å²) in [4.78, 5) is 26.0. The molecule has 0 aromatic heterocycles. The van der Waals surface area contributed by atoms with Crippen molar-refractivity contribution >= 4 is 33.0 Å². The van der Waals surface area contributed by atoms with Crippen molar-refractivity contribution in [2.24, 2.45) is 5.73 Å². The summed E-state index contributed by atoms with van der Waals surface area (Å²) < 4.78 is 23.8. The average Bonchev–Trinajstić information content (AvgIpc) is 3.00. The van der Waals surface area contributed by atoms with Crippen LogP contribution in [0.25, 0.3) is 0 Å². The Balaban J connectivity index is 1.81. The zero-order valence-electron chi connectivity index (χ0n) is 14.7. The molecule has 0 unspecified atom stereocenters. The van der Waals surface area contributed by atoms with E-state index in [1.807, 2.05) is 6.07 Å². The molecule has 0 aliphatic carbocycles. The number of hydrogen-bond acceptors (Lipinski definition) is 5. The number of amides is 2. The molecule has 1 atom stereocenters. The van der Waals surface area contributed by atoms with Gasteiger partial charge in [0.1, 0.15) is 0 Å². The summed E-state index contributed by atoms with van der Waals surface area (Å²) in [5.74, 6) is -0.840. The van der Waals surface area contributed by atoms with Crippen molar-refractivity contribution < 1.29 is 18.0 Å². The Hall–Kier alpha value is -2.87. The van der Waals surface area contributed by atoms with Crippen LogP contribution in [0.4, 0.5) is 11.4 Å². The molecule has 3 rings (SSSR count). The van der Waals surface area contributed by atoms with Crippen LogP contribution in [0, 0.1) is 0 Å². The molecular formula is C19H21N3O4S. The summed E-state index contributed by atoms with van der Waals surface area (Å²) >= 11 is 0. The third kappa shape index (κ3) is 4.46. The maximum atomic E-state index is 12.9. The predicted octanol–water partition coefficient (Wildman–Crippen LogP) is 1.42. The first-order valence-corrected chi connectivity index (χ1v) is 10.4. The number of rotatable bonds is 6. The number of nitrogens with two attached hydrogens (primary N) is 1. The lowest BCUT2D eigenvalue weighted by molar-refractivity contribution is -0.117. The first-order valence-electron chi connectivity index (χ1n) is 8.57. The van der Waals surface area contributed by atoms with Gasteiger partial charge in [0.2, 0.25) is 5.91 Å². The molecule has 2 aromatic carbocycles. The summed E-state index contributed by atoms with van der Waals surface area (Å²) in [5.41, 5.74) is 6.76. The predicted molar refractivity (Wildman–Crippen MR) is 104 cm³/mol. The number of para-hydroxylation sites is 2. The highest BCUT2D eigenvalue weighted by Crippen LogP contribution is 2.25. The van der Waals surface area contributed by atoms with Crippen LogP contribution >= 0.6 is 0 Å². The Labute approximate surface area is 158 Å². The maximum Gasteiger partial charge on any atom is 0.250 e. The third-order valence-corrected chi connectivity index (χ3v) is 6.25. The topological polar surface area (TPSA) is 110 Å². The number of benzene rings is 2. The average molecular weight is 387 g/mol. The van der Waals surface area contributed by atoms with Crippen LogP contribution in [0.1, 0.15) is 16.8 Å². The van der Waals surface area contributed by atoms with Crippen molar-refractivity contribution in [3.05, 3.63) is 60.2 Å². The Kier molecular flexibility index (Phi) is 5.46. The highest BCUT2D eigenvalue weighted by Gasteiger charge is 2.35. The fraction of sp³-hybridized carbons (Fsp3) is 0.263. The number of primary amides is 1. The molecule has 8 heteroatoms. The van der Waals surface area contributed by atoms with Crippen molar-refractivity contribution in [2.45, 2.75) is 12.5 Å². The lowest BCUT2D eigenvalue weighted by atomic mass is 10.1. The SMILES string of the molecule is NC(=O)c1ccccc1NCC(=O)N(c1ccccc1)[C@H]1CCS(=O)(=O)C1. The highest BCUT2D eigenvalue weighted by molar-refractivity contribution is 7.91. The lowest BCUT2D eigenvalue weighted by Gasteiger charge is -2.28. The van der Waals surface area contributed by atoms with Crippen molar-refractivity contribution in [1.82, 2.24) is 0 Å². The summed E-state index contributed by atoms with van der Waals surface area (Å²) in [6.45, 7) is -0.0876. The van der Waals surface area contributed by atoms with Crippen LogP contribution in [-0.2, 0) is 14.6 Å². The van der Waals surface area contributed by atoms with E-state index in [0.29, 0.717) is 23.4 Å². The first-order chi connectivity index (χ1) is 12.9. The number of anilines is 2. The monoisotopic (exact) mass is 387 g/mol. The molecule has 0 bridgehead atoms. The molecule has 7 nitrogen and oxygen atoms in total. The maximum absolute atomic E-state index is 12.9. The quantitative estimate of drug-likeness (QED) is 0.779. The van der Waals surface area contributed by atoms with Gasteiger partial charge in [-0.15, -0.1) is 0 Å². The molecule has 3 N–H and O–H groups in total. The molecule has 2 aromatic rings. The number of sulfone groups is 1. The van der Waals surface area contributed by atoms with E-state index in [1.54, 1.807) is 48.5 Å². The summed E-state index contributed by atoms with van der Waals surface area (Å²) in [5, 5.41) is 2.95. The molecule has 1 heterocycles. The molecule has 0 radical (unpaired) electrons. The molecule has 0 saturated carbocycles. The second-order valence-electron chi connectivity index (χ2n) is 6.42. The lowest BCUT2D eigenvalue weighted by Crippen LogP contribution is -2.44.